The van der Waals surface area contributed by atoms with Crippen molar-refractivity contribution in [3.8, 4) is 0 Å². The first-order valence-corrected chi connectivity index (χ1v) is 6.20. The molecule has 0 aliphatic rings. The lowest BCUT2D eigenvalue weighted by Gasteiger charge is -2.18. The molecule has 0 amide bonds. The Morgan fingerprint density at radius 1 is 1.28 bits per heavy atom. The Bertz CT molecular complexity index is 568. The average Bonchev–Trinajstić information content (AvgIpc) is 2.76. The van der Waals surface area contributed by atoms with E-state index in [9.17, 15) is 8.78 Å². The number of rotatable bonds is 3. The van der Waals surface area contributed by atoms with Crippen molar-refractivity contribution < 1.29 is 13.2 Å². The van der Waals surface area contributed by atoms with Crippen LogP contribution in [-0.2, 0) is 0 Å². The van der Waals surface area contributed by atoms with Crippen molar-refractivity contribution in [1.82, 2.24) is 5.32 Å². The summed E-state index contributed by atoms with van der Waals surface area (Å²) >= 11 is 3.07. The summed E-state index contributed by atoms with van der Waals surface area (Å²) in [5.41, 5.74) is 0.699. The van der Waals surface area contributed by atoms with Crippen LogP contribution in [0.1, 0.15) is 22.9 Å². The zero-order valence-corrected chi connectivity index (χ0v) is 11.5. The monoisotopic (exact) mass is 315 g/mol. The van der Waals surface area contributed by atoms with Crippen LogP contribution in [-0.4, -0.2) is 7.05 Å². The fourth-order valence-corrected chi connectivity index (χ4v) is 2.30. The van der Waals surface area contributed by atoms with E-state index < -0.39 is 17.7 Å². The molecule has 0 fully saturated rings. The van der Waals surface area contributed by atoms with Crippen molar-refractivity contribution in [2.45, 2.75) is 13.0 Å². The molecule has 1 atom stereocenters. The van der Waals surface area contributed by atoms with E-state index in [4.69, 9.17) is 4.42 Å². The second-order valence-corrected chi connectivity index (χ2v) is 4.77. The van der Waals surface area contributed by atoms with E-state index in [1.165, 1.54) is 18.4 Å². The van der Waals surface area contributed by atoms with Gasteiger partial charge in [-0.25, -0.2) is 8.78 Å². The van der Waals surface area contributed by atoms with Crippen molar-refractivity contribution in [3.63, 3.8) is 0 Å². The minimum absolute atomic E-state index is 0.0172. The Kier molecular flexibility index (Phi) is 3.82. The first kappa shape index (κ1) is 13.2. The molecule has 2 nitrogen and oxygen atoms in total. The quantitative estimate of drug-likeness (QED) is 0.868. The molecule has 1 aromatic carbocycles. The van der Waals surface area contributed by atoms with E-state index >= 15 is 0 Å². The molecular formula is C13H12BrF2NO. The van der Waals surface area contributed by atoms with Gasteiger partial charge in [0.1, 0.15) is 17.4 Å². The normalized spacial score (nSPS) is 12.7. The van der Waals surface area contributed by atoms with Gasteiger partial charge in [-0.05, 0) is 48.1 Å². The van der Waals surface area contributed by atoms with Gasteiger partial charge in [0.05, 0.1) is 16.8 Å². The average molecular weight is 316 g/mol. The highest BCUT2D eigenvalue weighted by molar-refractivity contribution is 9.10. The smallest absolute Gasteiger partial charge is 0.145 e. The summed E-state index contributed by atoms with van der Waals surface area (Å²) in [5.74, 6) is -0.557. The molecule has 1 aromatic heterocycles. The summed E-state index contributed by atoms with van der Waals surface area (Å²) in [5, 5.41) is 2.91. The Morgan fingerprint density at radius 3 is 2.56 bits per heavy atom. The number of furan rings is 1. The van der Waals surface area contributed by atoms with Crippen LogP contribution in [0.15, 0.2) is 33.4 Å². The first-order valence-electron chi connectivity index (χ1n) is 5.41. The van der Waals surface area contributed by atoms with Gasteiger partial charge in [0.15, 0.2) is 0 Å². The van der Waals surface area contributed by atoms with Gasteiger partial charge in [-0.3, -0.25) is 0 Å². The molecule has 0 spiro atoms. The molecule has 5 heteroatoms. The van der Waals surface area contributed by atoms with Crippen molar-refractivity contribution >= 4 is 15.9 Å². The summed E-state index contributed by atoms with van der Waals surface area (Å²) in [6.45, 7) is 1.76. The Morgan fingerprint density at radius 2 is 2.00 bits per heavy atom. The predicted molar refractivity (Wildman–Crippen MR) is 68.4 cm³/mol. The highest BCUT2D eigenvalue weighted by atomic mass is 79.9. The van der Waals surface area contributed by atoms with Crippen LogP contribution in [0, 0.1) is 18.6 Å². The minimum Gasteiger partial charge on any atom is -0.469 e. The molecule has 0 saturated carbocycles. The number of aryl methyl sites for hydroxylation is 1. The van der Waals surface area contributed by atoms with E-state index in [1.54, 1.807) is 20.0 Å². The van der Waals surface area contributed by atoms with Crippen LogP contribution in [0.3, 0.4) is 0 Å². The molecule has 1 unspecified atom stereocenters. The van der Waals surface area contributed by atoms with E-state index in [1.807, 2.05) is 0 Å². The molecule has 1 heterocycles. The first-order chi connectivity index (χ1) is 8.56. The van der Waals surface area contributed by atoms with Crippen LogP contribution in [0.2, 0.25) is 0 Å². The van der Waals surface area contributed by atoms with Crippen LogP contribution in [0.4, 0.5) is 8.78 Å². The molecule has 2 rings (SSSR count). The molecule has 18 heavy (non-hydrogen) atoms. The third-order valence-corrected chi connectivity index (χ3v) is 3.48. The number of hydrogen-bond acceptors (Lipinski definition) is 2. The highest BCUT2D eigenvalue weighted by Gasteiger charge is 2.24. The second-order valence-electron chi connectivity index (χ2n) is 3.91. The molecule has 2 aromatic rings. The third kappa shape index (κ3) is 2.20. The number of benzene rings is 1. The SMILES string of the molecule is CNC(c1ccoc1C)c1c(F)ccc(Br)c1F. The van der Waals surface area contributed by atoms with E-state index in [0.717, 1.165) is 0 Å². The molecule has 0 saturated heterocycles. The van der Waals surface area contributed by atoms with E-state index in [0.29, 0.717) is 11.3 Å². The van der Waals surface area contributed by atoms with Crippen molar-refractivity contribution in [1.29, 1.82) is 0 Å². The Hall–Kier alpha value is -1.20. The van der Waals surface area contributed by atoms with E-state index in [2.05, 4.69) is 21.2 Å². The van der Waals surface area contributed by atoms with Crippen molar-refractivity contribution in [2.75, 3.05) is 7.05 Å². The molecule has 0 aliphatic heterocycles. The number of nitrogens with one attached hydrogen (secondary N) is 1. The van der Waals surface area contributed by atoms with Crippen molar-refractivity contribution in [3.05, 3.63) is 57.5 Å². The van der Waals surface area contributed by atoms with Crippen LogP contribution < -0.4 is 5.32 Å². The van der Waals surface area contributed by atoms with Gasteiger partial charge in [0.25, 0.3) is 0 Å². The minimum atomic E-state index is -0.602. The standard InChI is InChI=1S/C13H12BrF2NO/c1-7-8(5-6-18-7)13(17-2)11-10(15)4-3-9(14)12(11)16/h3-6,13,17H,1-2H3. The zero-order valence-electron chi connectivity index (χ0n) is 9.93. The Labute approximate surface area is 112 Å². The molecule has 0 aliphatic carbocycles. The fraction of sp³-hybridized carbons (Fsp3) is 0.231. The maximum atomic E-state index is 14.1. The van der Waals surface area contributed by atoms with Crippen LogP contribution >= 0.6 is 15.9 Å². The molecular weight excluding hydrogens is 304 g/mol. The molecule has 0 radical (unpaired) electrons. The summed E-state index contributed by atoms with van der Waals surface area (Å²) in [7, 11) is 1.65. The van der Waals surface area contributed by atoms with Gasteiger partial charge in [-0.15, -0.1) is 0 Å². The summed E-state index contributed by atoms with van der Waals surface area (Å²) in [6, 6.07) is 3.71. The molecule has 1 N–H and O–H groups in total. The van der Waals surface area contributed by atoms with Crippen LogP contribution in [0.5, 0.6) is 0 Å². The summed E-state index contributed by atoms with van der Waals surface area (Å²) in [4.78, 5) is 0. The van der Waals surface area contributed by atoms with Gasteiger partial charge in [-0.2, -0.15) is 0 Å². The highest BCUT2D eigenvalue weighted by Crippen LogP contribution is 2.32. The zero-order chi connectivity index (χ0) is 13.3. The van der Waals surface area contributed by atoms with Gasteiger partial charge in [0, 0.05) is 11.1 Å². The van der Waals surface area contributed by atoms with E-state index in [-0.39, 0.29) is 10.0 Å². The van der Waals surface area contributed by atoms with Crippen LogP contribution in [0.25, 0.3) is 0 Å². The van der Waals surface area contributed by atoms with Gasteiger partial charge in [0.2, 0.25) is 0 Å². The topological polar surface area (TPSA) is 25.2 Å². The third-order valence-electron chi connectivity index (χ3n) is 2.87. The summed E-state index contributed by atoms with van der Waals surface area (Å²) < 4.78 is 33.3. The maximum absolute atomic E-state index is 14.1. The fourth-order valence-electron chi connectivity index (χ4n) is 1.96. The predicted octanol–water partition coefficient (Wildman–Crippen LogP) is 3.94. The van der Waals surface area contributed by atoms with Gasteiger partial charge < -0.3 is 9.73 Å². The Balaban J connectivity index is 2.59. The largest absolute Gasteiger partial charge is 0.469 e. The number of halogens is 3. The molecule has 0 bridgehead atoms. The maximum Gasteiger partial charge on any atom is 0.145 e. The van der Waals surface area contributed by atoms with Gasteiger partial charge >= 0.3 is 0 Å². The molecule has 96 valence electrons. The number of hydrogen-bond donors (Lipinski definition) is 1. The summed E-state index contributed by atoms with van der Waals surface area (Å²) in [6.07, 6.45) is 1.50. The van der Waals surface area contributed by atoms with Crippen molar-refractivity contribution in [2.24, 2.45) is 0 Å². The second kappa shape index (κ2) is 5.20. The lowest BCUT2D eigenvalue weighted by atomic mass is 9.98. The van der Waals surface area contributed by atoms with Gasteiger partial charge in [-0.1, -0.05) is 0 Å². The lowest BCUT2D eigenvalue weighted by molar-refractivity contribution is 0.501. The lowest BCUT2D eigenvalue weighted by Crippen LogP contribution is -2.21.